The normalized spacial score (nSPS) is 25.9. The van der Waals surface area contributed by atoms with Gasteiger partial charge >= 0.3 is 12.2 Å². The first-order chi connectivity index (χ1) is 22.7. The molecule has 2 aromatic carbocycles. The number of aromatic nitrogens is 3. The van der Waals surface area contributed by atoms with Gasteiger partial charge in [-0.2, -0.15) is 9.97 Å². The molecule has 4 aliphatic heterocycles. The molecule has 1 spiro atoms. The Hall–Kier alpha value is -4.39. The summed E-state index contributed by atoms with van der Waals surface area (Å²) in [6.07, 6.45) is 3.43. The Balaban J connectivity index is 1.27. The number of alkyl halides is 1. The minimum atomic E-state index is -0.950. The van der Waals surface area contributed by atoms with Crippen LogP contribution in [-0.2, 0) is 15.9 Å². The maximum atomic E-state index is 16.9. The lowest BCUT2D eigenvalue weighted by molar-refractivity contribution is 0.0445. The van der Waals surface area contributed by atoms with Crippen LogP contribution in [0.4, 0.5) is 23.8 Å². The van der Waals surface area contributed by atoms with Crippen LogP contribution < -0.4 is 9.64 Å². The molecular weight excluding hydrogens is 615 g/mol. The Bertz CT molecular complexity index is 1930. The third kappa shape index (κ3) is 4.97. The second-order valence-corrected chi connectivity index (χ2v) is 13.2. The van der Waals surface area contributed by atoms with Crippen molar-refractivity contribution >= 4 is 33.6 Å². The highest BCUT2D eigenvalue weighted by Gasteiger charge is 2.50. The molecule has 47 heavy (non-hydrogen) atoms. The Morgan fingerprint density at radius 2 is 2.00 bits per heavy atom. The van der Waals surface area contributed by atoms with E-state index in [1.54, 1.807) is 13.0 Å². The number of benzene rings is 2. The number of ether oxygens (including phenoxy) is 3. The van der Waals surface area contributed by atoms with Crippen LogP contribution in [0, 0.1) is 11.6 Å². The molecular formula is C34H34F3N5O5. The fourth-order valence-electron chi connectivity index (χ4n) is 8.10. The summed E-state index contributed by atoms with van der Waals surface area (Å²) in [5.41, 5.74) is -0.933. The van der Waals surface area contributed by atoms with Crippen molar-refractivity contribution in [1.82, 2.24) is 19.9 Å². The zero-order chi connectivity index (χ0) is 32.5. The maximum absolute atomic E-state index is 16.9. The Morgan fingerprint density at radius 3 is 2.81 bits per heavy atom. The quantitative estimate of drug-likeness (QED) is 0.256. The molecule has 13 heteroatoms. The second-order valence-electron chi connectivity index (χ2n) is 13.2. The number of piperidine rings is 1. The second kappa shape index (κ2) is 11.1. The number of aromatic hydroxyl groups is 1. The summed E-state index contributed by atoms with van der Waals surface area (Å²) in [5.74, 6) is -1.000. The molecule has 2 aromatic heterocycles. The molecule has 10 nitrogen and oxygen atoms in total. The highest BCUT2D eigenvalue weighted by atomic mass is 19.1. The molecule has 8 rings (SSSR count). The van der Waals surface area contributed by atoms with E-state index in [4.69, 9.17) is 19.2 Å². The van der Waals surface area contributed by atoms with Crippen molar-refractivity contribution in [3.63, 3.8) is 0 Å². The number of cyclic esters (lactones) is 1. The van der Waals surface area contributed by atoms with Crippen LogP contribution in [0.2, 0.25) is 0 Å². The SMILES string of the molecule is CCc1c(F)ccc2cc(O)cc(-c3ncc4c(N5CCCC6(COC(=O)O6)C5)nc(OC[C@@]56CCCN5CC(F)C6)nc4c3F)c12. The molecule has 0 saturated carbocycles. The minimum Gasteiger partial charge on any atom is -0.508 e. The molecule has 2 unspecified atom stereocenters. The van der Waals surface area contributed by atoms with Crippen molar-refractivity contribution < 1.29 is 37.3 Å². The van der Waals surface area contributed by atoms with Gasteiger partial charge in [0.05, 0.1) is 17.5 Å². The van der Waals surface area contributed by atoms with E-state index in [0.29, 0.717) is 66.3 Å². The van der Waals surface area contributed by atoms with Crippen molar-refractivity contribution in [3.05, 3.63) is 47.7 Å². The van der Waals surface area contributed by atoms with E-state index in [9.17, 15) is 18.7 Å². The number of aryl methyl sites for hydroxylation is 1. The maximum Gasteiger partial charge on any atom is 0.509 e. The highest BCUT2D eigenvalue weighted by molar-refractivity contribution is 6.01. The fraction of sp³-hybridized carbons (Fsp3) is 0.471. The van der Waals surface area contributed by atoms with Crippen LogP contribution in [-0.4, -0.2) is 87.8 Å². The number of phenols is 1. The van der Waals surface area contributed by atoms with Gasteiger partial charge in [0.25, 0.3) is 0 Å². The lowest BCUT2D eigenvalue weighted by Gasteiger charge is -2.38. The minimum absolute atomic E-state index is 0.0733. The molecule has 3 atom stereocenters. The molecule has 0 aliphatic carbocycles. The standard InChI is InChI=1S/C34H34F3N5O5/c1-2-22-25(36)6-5-19-11-21(43)12-23(26(19)22)28-27(37)29-24(14-38-28)30(41-9-4-8-34(16-41)18-46-32(44)47-34)40-31(39-29)45-17-33-7-3-10-42(33)15-20(35)13-33/h5-6,11-12,14,20,43H,2-4,7-10,13,15-18H2,1H3/t20?,33-,34?/m0/s1. The number of anilines is 1. The van der Waals surface area contributed by atoms with Crippen molar-refractivity contribution in [2.24, 2.45) is 0 Å². The lowest BCUT2D eigenvalue weighted by atomic mass is 9.93. The van der Waals surface area contributed by atoms with Gasteiger partial charge in [-0.15, -0.1) is 0 Å². The van der Waals surface area contributed by atoms with E-state index >= 15 is 4.39 Å². The first-order valence-corrected chi connectivity index (χ1v) is 16.1. The summed E-state index contributed by atoms with van der Waals surface area (Å²) in [6.45, 7) is 3.97. The number of carbonyl (C=O) groups is 1. The molecule has 0 amide bonds. The van der Waals surface area contributed by atoms with Crippen LogP contribution in [0.25, 0.3) is 32.9 Å². The van der Waals surface area contributed by atoms with Crippen molar-refractivity contribution in [2.45, 2.75) is 62.8 Å². The first kappa shape index (κ1) is 30.0. The number of phenolic OH excluding ortho intramolecular Hbond substituents is 1. The van der Waals surface area contributed by atoms with Gasteiger partial charge in [0, 0.05) is 31.3 Å². The van der Waals surface area contributed by atoms with Gasteiger partial charge < -0.3 is 24.2 Å². The molecule has 6 heterocycles. The van der Waals surface area contributed by atoms with E-state index in [2.05, 4.69) is 14.9 Å². The van der Waals surface area contributed by atoms with Crippen LogP contribution in [0.1, 0.15) is 44.6 Å². The van der Waals surface area contributed by atoms with Crippen LogP contribution in [0.15, 0.2) is 30.5 Å². The van der Waals surface area contributed by atoms with E-state index < -0.39 is 35.1 Å². The zero-order valence-electron chi connectivity index (χ0n) is 25.9. The third-order valence-corrected chi connectivity index (χ3v) is 10.2. The summed E-state index contributed by atoms with van der Waals surface area (Å²) < 4.78 is 63.3. The third-order valence-electron chi connectivity index (χ3n) is 10.2. The van der Waals surface area contributed by atoms with Gasteiger partial charge in [0.15, 0.2) is 11.4 Å². The molecule has 4 saturated heterocycles. The van der Waals surface area contributed by atoms with E-state index in [1.165, 1.54) is 24.4 Å². The van der Waals surface area contributed by atoms with E-state index in [-0.39, 0.29) is 48.3 Å². The molecule has 1 N–H and O–H groups in total. The number of hydrogen-bond donors (Lipinski definition) is 1. The molecule has 4 aromatic rings. The summed E-state index contributed by atoms with van der Waals surface area (Å²) in [5, 5.41) is 11.9. The van der Waals surface area contributed by atoms with E-state index in [1.807, 2.05) is 4.90 Å². The topological polar surface area (TPSA) is 110 Å². The van der Waals surface area contributed by atoms with Crippen LogP contribution in [0.5, 0.6) is 11.8 Å². The van der Waals surface area contributed by atoms with Gasteiger partial charge in [-0.05, 0) is 73.2 Å². The summed E-state index contributed by atoms with van der Waals surface area (Å²) in [7, 11) is 0. The van der Waals surface area contributed by atoms with Gasteiger partial charge in [-0.3, -0.25) is 9.88 Å². The number of fused-ring (bicyclic) bond motifs is 3. The summed E-state index contributed by atoms with van der Waals surface area (Å²) in [6, 6.07) is 5.68. The van der Waals surface area contributed by atoms with Gasteiger partial charge in [-0.25, -0.2) is 18.0 Å². The fourth-order valence-corrected chi connectivity index (χ4v) is 8.10. The average Bonchev–Trinajstić information content (AvgIpc) is 3.71. The van der Waals surface area contributed by atoms with Crippen molar-refractivity contribution in [1.29, 1.82) is 0 Å². The van der Waals surface area contributed by atoms with Gasteiger partial charge in [0.2, 0.25) is 0 Å². The monoisotopic (exact) mass is 649 g/mol. The van der Waals surface area contributed by atoms with Crippen molar-refractivity contribution in [2.75, 3.05) is 44.3 Å². The largest absolute Gasteiger partial charge is 0.509 e. The number of carbonyl (C=O) groups excluding carboxylic acids is 1. The smallest absolute Gasteiger partial charge is 0.508 e. The molecule has 4 fully saturated rings. The predicted molar refractivity (Wildman–Crippen MR) is 166 cm³/mol. The van der Waals surface area contributed by atoms with Crippen molar-refractivity contribution in [3.8, 4) is 23.0 Å². The van der Waals surface area contributed by atoms with Gasteiger partial charge in [0.1, 0.15) is 48.0 Å². The number of hydrogen-bond acceptors (Lipinski definition) is 10. The summed E-state index contributed by atoms with van der Waals surface area (Å²) >= 11 is 0. The highest BCUT2D eigenvalue weighted by Crippen LogP contribution is 2.42. The summed E-state index contributed by atoms with van der Waals surface area (Å²) in [4.78, 5) is 29.7. The average molecular weight is 650 g/mol. The Kier molecular flexibility index (Phi) is 7.08. The number of nitrogens with zero attached hydrogens (tertiary/aromatic N) is 5. The van der Waals surface area contributed by atoms with Gasteiger partial charge in [-0.1, -0.05) is 13.0 Å². The number of rotatable bonds is 6. The lowest BCUT2D eigenvalue weighted by Crippen LogP contribution is -2.50. The van der Waals surface area contributed by atoms with Crippen LogP contribution in [0.3, 0.4) is 0 Å². The molecule has 246 valence electrons. The first-order valence-electron chi connectivity index (χ1n) is 16.1. The zero-order valence-corrected chi connectivity index (χ0v) is 25.9. The van der Waals surface area contributed by atoms with E-state index in [0.717, 1.165) is 19.4 Å². The molecule has 0 radical (unpaired) electrons. The Labute approximate surface area is 268 Å². The van der Waals surface area contributed by atoms with Crippen LogP contribution >= 0.6 is 0 Å². The predicted octanol–water partition coefficient (Wildman–Crippen LogP) is 5.85. The number of pyridine rings is 1. The Morgan fingerprint density at radius 1 is 1.15 bits per heavy atom. The number of halogens is 3. The molecule has 0 bridgehead atoms. The molecule has 4 aliphatic rings.